The number of thioether (sulfide) groups is 1. The van der Waals surface area contributed by atoms with Gasteiger partial charge < -0.3 is 10.2 Å². The average Bonchev–Trinajstić information content (AvgIpc) is 3.06. The summed E-state index contributed by atoms with van der Waals surface area (Å²) in [5.41, 5.74) is 1.33. The standard InChI is InChI=1S/C18H21N3O2S2/c1-11(2)12(3)19-18(23)13-9-25-16(20-13)8-21-14-6-4-5-7-15(14)24-10-17(21)22/h4-7,9,11-12H,8,10H2,1-3H3,(H,19,23)/t12-/m0/s1. The number of hydrogen-bond donors (Lipinski definition) is 1. The van der Waals surface area contributed by atoms with Gasteiger partial charge in [-0.1, -0.05) is 26.0 Å². The predicted octanol–water partition coefficient (Wildman–Crippen LogP) is 3.56. The average molecular weight is 376 g/mol. The van der Waals surface area contributed by atoms with Crippen LogP contribution in [-0.2, 0) is 11.3 Å². The molecular weight excluding hydrogens is 354 g/mol. The van der Waals surface area contributed by atoms with Gasteiger partial charge in [0.25, 0.3) is 5.91 Å². The van der Waals surface area contributed by atoms with Crippen LogP contribution in [-0.4, -0.2) is 28.6 Å². The Labute approximate surface area is 155 Å². The molecule has 0 saturated carbocycles. The van der Waals surface area contributed by atoms with Crippen molar-refractivity contribution in [3.8, 4) is 0 Å². The van der Waals surface area contributed by atoms with Gasteiger partial charge in [0.15, 0.2) is 0 Å². The van der Waals surface area contributed by atoms with Crippen molar-refractivity contribution >= 4 is 40.6 Å². The molecule has 132 valence electrons. The number of nitrogens with one attached hydrogen (secondary N) is 1. The van der Waals surface area contributed by atoms with Crippen LogP contribution in [0.15, 0.2) is 34.5 Å². The fourth-order valence-electron chi connectivity index (χ4n) is 2.40. The summed E-state index contributed by atoms with van der Waals surface area (Å²) in [5, 5.41) is 5.48. The number of carbonyl (C=O) groups excluding carboxylic acids is 2. The Kier molecular flexibility index (Phi) is 5.44. The summed E-state index contributed by atoms with van der Waals surface area (Å²) < 4.78 is 0. The molecule has 1 aromatic carbocycles. The van der Waals surface area contributed by atoms with E-state index in [1.165, 1.54) is 11.3 Å². The monoisotopic (exact) mass is 375 g/mol. The minimum atomic E-state index is -0.162. The molecule has 3 rings (SSSR count). The van der Waals surface area contributed by atoms with E-state index in [2.05, 4.69) is 24.1 Å². The minimum Gasteiger partial charge on any atom is -0.348 e. The molecule has 0 bridgehead atoms. The summed E-state index contributed by atoms with van der Waals surface area (Å²) in [6.45, 7) is 6.51. The molecule has 2 aromatic rings. The Balaban J connectivity index is 1.73. The van der Waals surface area contributed by atoms with Crippen LogP contribution in [0, 0.1) is 5.92 Å². The maximum absolute atomic E-state index is 12.3. The van der Waals surface area contributed by atoms with Gasteiger partial charge in [-0.3, -0.25) is 9.59 Å². The number of benzene rings is 1. The Hall–Kier alpha value is -1.86. The first-order valence-electron chi connectivity index (χ1n) is 8.23. The van der Waals surface area contributed by atoms with Crippen molar-refractivity contribution < 1.29 is 9.59 Å². The zero-order valence-electron chi connectivity index (χ0n) is 14.5. The zero-order valence-corrected chi connectivity index (χ0v) is 16.1. The number of hydrogen-bond acceptors (Lipinski definition) is 5. The Morgan fingerprint density at radius 2 is 2.08 bits per heavy atom. The molecular formula is C18H21N3O2S2. The number of aromatic nitrogens is 1. The highest BCUT2D eigenvalue weighted by molar-refractivity contribution is 8.00. The van der Waals surface area contributed by atoms with Crippen molar-refractivity contribution in [2.24, 2.45) is 5.92 Å². The molecule has 7 heteroatoms. The Morgan fingerprint density at radius 1 is 1.32 bits per heavy atom. The van der Waals surface area contributed by atoms with Gasteiger partial charge in [0.2, 0.25) is 5.91 Å². The highest BCUT2D eigenvalue weighted by Gasteiger charge is 2.25. The van der Waals surface area contributed by atoms with Crippen LogP contribution < -0.4 is 10.2 Å². The second kappa shape index (κ2) is 7.58. The summed E-state index contributed by atoms with van der Waals surface area (Å²) in [5.74, 6) is 0.701. The van der Waals surface area contributed by atoms with E-state index in [9.17, 15) is 9.59 Å². The first kappa shape index (κ1) is 17.9. The molecule has 1 N–H and O–H groups in total. The number of thiazole rings is 1. The quantitative estimate of drug-likeness (QED) is 0.868. The third-order valence-corrected chi connectivity index (χ3v) is 6.13. The lowest BCUT2D eigenvalue weighted by Gasteiger charge is -2.28. The largest absolute Gasteiger partial charge is 0.348 e. The zero-order chi connectivity index (χ0) is 18.0. The number of anilines is 1. The maximum Gasteiger partial charge on any atom is 0.270 e. The third-order valence-electron chi connectivity index (χ3n) is 4.24. The van der Waals surface area contributed by atoms with Crippen molar-refractivity contribution in [3.63, 3.8) is 0 Å². The van der Waals surface area contributed by atoms with Gasteiger partial charge in [-0.25, -0.2) is 4.98 Å². The molecule has 0 saturated heterocycles. The van der Waals surface area contributed by atoms with Gasteiger partial charge in [-0.15, -0.1) is 23.1 Å². The van der Waals surface area contributed by atoms with Crippen molar-refractivity contribution in [2.75, 3.05) is 10.7 Å². The van der Waals surface area contributed by atoms with Crippen LogP contribution in [0.2, 0.25) is 0 Å². The van der Waals surface area contributed by atoms with Gasteiger partial charge >= 0.3 is 0 Å². The molecule has 1 aromatic heterocycles. The van der Waals surface area contributed by atoms with E-state index in [1.807, 2.05) is 31.2 Å². The third kappa shape index (κ3) is 4.04. The molecule has 0 unspecified atom stereocenters. The molecule has 1 aliphatic heterocycles. The Morgan fingerprint density at radius 3 is 2.84 bits per heavy atom. The second-order valence-corrected chi connectivity index (χ2v) is 8.33. The normalized spacial score (nSPS) is 15.2. The highest BCUT2D eigenvalue weighted by Crippen LogP contribution is 2.35. The van der Waals surface area contributed by atoms with Gasteiger partial charge in [0.1, 0.15) is 10.7 Å². The first-order chi connectivity index (χ1) is 12.0. The van der Waals surface area contributed by atoms with Crippen LogP contribution >= 0.6 is 23.1 Å². The fraction of sp³-hybridized carbons (Fsp3) is 0.389. The molecule has 25 heavy (non-hydrogen) atoms. The number of rotatable bonds is 5. The summed E-state index contributed by atoms with van der Waals surface area (Å²) >= 11 is 2.97. The van der Waals surface area contributed by atoms with E-state index in [4.69, 9.17) is 0 Å². The molecule has 0 aliphatic carbocycles. The van der Waals surface area contributed by atoms with Gasteiger partial charge in [-0.05, 0) is 25.0 Å². The number of nitrogens with zero attached hydrogens (tertiary/aromatic N) is 2. The summed E-state index contributed by atoms with van der Waals surface area (Å²) in [6.07, 6.45) is 0. The lowest BCUT2D eigenvalue weighted by molar-refractivity contribution is -0.116. The van der Waals surface area contributed by atoms with E-state index in [-0.39, 0.29) is 17.9 Å². The maximum atomic E-state index is 12.3. The van der Waals surface area contributed by atoms with E-state index >= 15 is 0 Å². The SMILES string of the molecule is CC(C)[C@H](C)NC(=O)c1csc(CN2C(=O)CSc3ccccc32)n1. The lowest BCUT2D eigenvalue weighted by Crippen LogP contribution is -2.36. The fourth-order valence-corrected chi connectivity index (χ4v) is 4.10. The van der Waals surface area contributed by atoms with Crippen molar-refractivity contribution in [2.45, 2.75) is 38.3 Å². The van der Waals surface area contributed by atoms with Crippen molar-refractivity contribution in [1.82, 2.24) is 10.3 Å². The van der Waals surface area contributed by atoms with E-state index < -0.39 is 0 Å². The molecule has 1 atom stereocenters. The summed E-state index contributed by atoms with van der Waals surface area (Å²) in [6, 6.07) is 7.96. The highest BCUT2D eigenvalue weighted by atomic mass is 32.2. The van der Waals surface area contributed by atoms with Crippen LogP contribution in [0.1, 0.15) is 36.3 Å². The number of carbonyl (C=O) groups is 2. The van der Waals surface area contributed by atoms with Gasteiger partial charge in [0.05, 0.1) is 18.0 Å². The molecule has 1 aliphatic rings. The topological polar surface area (TPSA) is 62.3 Å². The second-order valence-electron chi connectivity index (χ2n) is 6.37. The van der Waals surface area contributed by atoms with E-state index in [0.29, 0.717) is 23.9 Å². The molecule has 2 heterocycles. The van der Waals surface area contributed by atoms with Gasteiger partial charge in [-0.2, -0.15) is 0 Å². The van der Waals surface area contributed by atoms with E-state index in [0.717, 1.165) is 15.6 Å². The molecule has 2 amide bonds. The van der Waals surface area contributed by atoms with Crippen LogP contribution in [0.4, 0.5) is 5.69 Å². The summed E-state index contributed by atoms with van der Waals surface area (Å²) in [4.78, 5) is 31.9. The minimum absolute atomic E-state index is 0.0679. The molecule has 0 fully saturated rings. The Bertz CT molecular complexity index is 788. The summed E-state index contributed by atoms with van der Waals surface area (Å²) in [7, 11) is 0. The van der Waals surface area contributed by atoms with Crippen molar-refractivity contribution in [3.05, 3.63) is 40.3 Å². The lowest BCUT2D eigenvalue weighted by atomic mass is 10.1. The van der Waals surface area contributed by atoms with Crippen LogP contribution in [0.5, 0.6) is 0 Å². The molecule has 0 radical (unpaired) electrons. The van der Waals surface area contributed by atoms with E-state index in [1.54, 1.807) is 22.0 Å². The van der Waals surface area contributed by atoms with Crippen LogP contribution in [0.25, 0.3) is 0 Å². The number of fused-ring (bicyclic) bond motifs is 1. The van der Waals surface area contributed by atoms with Gasteiger partial charge in [0, 0.05) is 16.3 Å². The smallest absolute Gasteiger partial charge is 0.270 e. The number of para-hydroxylation sites is 1. The first-order valence-corrected chi connectivity index (χ1v) is 10.1. The van der Waals surface area contributed by atoms with Crippen LogP contribution in [0.3, 0.4) is 0 Å². The molecule has 5 nitrogen and oxygen atoms in total. The predicted molar refractivity (Wildman–Crippen MR) is 102 cm³/mol. The molecule has 0 spiro atoms. The van der Waals surface area contributed by atoms with Crippen molar-refractivity contribution in [1.29, 1.82) is 0 Å². The number of amides is 2.